The van der Waals surface area contributed by atoms with Crippen LogP contribution in [0.25, 0.3) is 22.6 Å². The van der Waals surface area contributed by atoms with Crippen LogP contribution >= 0.6 is 11.6 Å². The van der Waals surface area contributed by atoms with E-state index in [1.165, 1.54) is 12.3 Å². The predicted molar refractivity (Wildman–Crippen MR) is 85.6 cm³/mol. The highest BCUT2D eigenvalue weighted by Gasteiger charge is 2.17. The second kappa shape index (κ2) is 5.31. The van der Waals surface area contributed by atoms with Gasteiger partial charge in [-0.3, -0.25) is 10.1 Å². The molecule has 3 aromatic rings. The molecule has 0 aliphatic carbocycles. The molecule has 0 fully saturated rings. The zero-order valence-electron chi connectivity index (χ0n) is 12.1. The first-order valence-electron chi connectivity index (χ1n) is 6.60. The summed E-state index contributed by atoms with van der Waals surface area (Å²) in [7, 11) is 0. The van der Waals surface area contributed by atoms with Crippen LogP contribution in [0.5, 0.6) is 5.75 Å². The van der Waals surface area contributed by atoms with E-state index in [1.54, 1.807) is 12.1 Å². The Kier molecular flexibility index (Phi) is 3.46. The highest BCUT2D eigenvalue weighted by atomic mass is 35.5. The third kappa shape index (κ3) is 2.37. The molecule has 0 atom stereocenters. The molecule has 0 aliphatic rings. The molecule has 0 saturated heterocycles. The highest BCUT2D eigenvalue weighted by molar-refractivity contribution is 6.32. The lowest BCUT2D eigenvalue weighted by Crippen LogP contribution is -1.99. The van der Waals surface area contributed by atoms with Crippen LogP contribution in [0, 0.1) is 13.8 Å². The number of anilines is 1. The molecule has 0 saturated carbocycles. The fourth-order valence-corrected chi connectivity index (χ4v) is 2.34. The number of nitrogens with zero attached hydrogens (tertiary/aromatic N) is 3. The lowest BCUT2D eigenvalue weighted by atomic mass is 10.0. The third-order valence-corrected chi connectivity index (χ3v) is 3.80. The molecule has 3 rings (SSSR count). The van der Waals surface area contributed by atoms with Gasteiger partial charge in [0.25, 0.3) is 0 Å². The van der Waals surface area contributed by atoms with Crippen LogP contribution < -0.4 is 5.73 Å². The lowest BCUT2D eigenvalue weighted by molar-refractivity contribution is 0.475. The van der Waals surface area contributed by atoms with Crippen molar-refractivity contribution in [2.24, 2.45) is 0 Å². The number of nitrogens with one attached hydrogen (secondary N) is 1. The number of rotatable bonds is 2. The number of nitrogens with two attached hydrogens (primary N) is 1. The summed E-state index contributed by atoms with van der Waals surface area (Å²) in [4.78, 5) is 8.75. The molecule has 0 amide bonds. The van der Waals surface area contributed by atoms with Gasteiger partial charge in [0.05, 0.1) is 28.3 Å². The molecule has 1 aromatic carbocycles. The SMILES string of the molecule is Cc1n[nH]c(-c2nc(N)cnc2-c2ccc(O)c(Cl)c2)c1C. The summed E-state index contributed by atoms with van der Waals surface area (Å²) >= 11 is 5.99. The van der Waals surface area contributed by atoms with E-state index in [2.05, 4.69) is 20.2 Å². The average Bonchev–Trinajstić information content (AvgIpc) is 2.82. The van der Waals surface area contributed by atoms with Gasteiger partial charge >= 0.3 is 0 Å². The predicted octanol–water partition coefficient (Wildman–Crippen LogP) is 3.09. The van der Waals surface area contributed by atoms with Crippen molar-refractivity contribution in [3.63, 3.8) is 0 Å². The maximum atomic E-state index is 9.56. The molecule has 4 N–H and O–H groups in total. The maximum Gasteiger partial charge on any atom is 0.142 e. The first kappa shape index (κ1) is 14.3. The van der Waals surface area contributed by atoms with Crippen molar-refractivity contribution < 1.29 is 5.11 Å². The minimum Gasteiger partial charge on any atom is -0.506 e. The summed E-state index contributed by atoms with van der Waals surface area (Å²) in [6, 6.07) is 4.88. The summed E-state index contributed by atoms with van der Waals surface area (Å²) in [5.74, 6) is 0.333. The summed E-state index contributed by atoms with van der Waals surface area (Å²) in [6.07, 6.45) is 1.48. The van der Waals surface area contributed by atoms with E-state index in [1.807, 2.05) is 13.8 Å². The number of aromatic hydroxyl groups is 1. The molecule has 6 nitrogen and oxygen atoms in total. The summed E-state index contributed by atoms with van der Waals surface area (Å²) in [5.41, 5.74) is 10.3. The molecule has 0 unspecified atom stereocenters. The van der Waals surface area contributed by atoms with Crippen molar-refractivity contribution in [3.05, 3.63) is 40.7 Å². The van der Waals surface area contributed by atoms with Gasteiger partial charge in [-0.2, -0.15) is 5.10 Å². The highest BCUT2D eigenvalue weighted by Crippen LogP contribution is 2.34. The van der Waals surface area contributed by atoms with Crippen LogP contribution in [-0.2, 0) is 0 Å². The molecular formula is C15H14ClN5O. The van der Waals surface area contributed by atoms with Gasteiger partial charge in [0, 0.05) is 5.56 Å². The minimum absolute atomic E-state index is 0.0175. The van der Waals surface area contributed by atoms with E-state index in [0.717, 1.165) is 22.5 Å². The topological polar surface area (TPSA) is 101 Å². The second-order valence-corrected chi connectivity index (χ2v) is 5.37. The van der Waals surface area contributed by atoms with Crippen LogP contribution in [-0.4, -0.2) is 25.3 Å². The van der Waals surface area contributed by atoms with Gasteiger partial charge < -0.3 is 10.8 Å². The summed E-state index contributed by atoms with van der Waals surface area (Å²) in [5, 5.41) is 17.0. The van der Waals surface area contributed by atoms with Crippen molar-refractivity contribution in [2.75, 3.05) is 5.73 Å². The monoisotopic (exact) mass is 315 g/mol. The van der Waals surface area contributed by atoms with E-state index >= 15 is 0 Å². The third-order valence-electron chi connectivity index (χ3n) is 3.50. The number of aryl methyl sites for hydroxylation is 1. The zero-order chi connectivity index (χ0) is 15.9. The fraction of sp³-hybridized carbons (Fsp3) is 0.133. The molecule has 2 heterocycles. The fourth-order valence-electron chi connectivity index (χ4n) is 2.16. The molecule has 22 heavy (non-hydrogen) atoms. The Balaban J connectivity index is 2.24. The van der Waals surface area contributed by atoms with Gasteiger partial charge in [0.2, 0.25) is 0 Å². The van der Waals surface area contributed by atoms with Crippen LogP contribution in [0.4, 0.5) is 5.82 Å². The Hall–Kier alpha value is -2.60. The Morgan fingerprint density at radius 3 is 2.64 bits per heavy atom. The minimum atomic E-state index is 0.0175. The van der Waals surface area contributed by atoms with Gasteiger partial charge in [-0.05, 0) is 37.6 Å². The number of phenols is 1. The molecule has 7 heteroatoms. The van der Waals surface area contributed by atoms with E-state index in [4.69, 9.17) is 17.3 Å². The lowest BCUT2D eigenvalue weighted by Gasteiger charge is -2.09. The largest absolute Gasteiger partial charge is 0.506 e. The molecule has 0 radical (unpaired) electrons. The summed E-state index contributed by atoms with van der Waals surface area (Å²) in [6.45, 7) is 3.86. The zero-order valence-corrected chi connectivity index (χ0v) is 12.8. The normalized spacial score (nSPS) is 10.9. The Morgan fingerprint density at radius 1 is 1.23 bits per heavy atom. The molecule has 0 aliphatic heterocycles. The van der Waals surface area contributed by atoms with E-state index in [9.17, 15) is 5.11 Å². The van der Waals surface area contributed by atoms with Gasteiger partial charge in [0.15, 0.2) is 0 Å². The standard InChI is InChI=1S/C15H14ClN5O/c1-7-8(2)20-21-13(7)15-14(18-6-12(17)19-15)9-3-4-11(22)10(16)5-9/h3-6,22H,1-2H3,(H2,17,19)(H,20,21). The number of halogens is 1. The Labute approximate surface area is 132 Å². The van der Waals surface area contributed by atoms with Crippen molar-refractivity contribution in [3.8, 4) is 28.4 Å². The van der Waals surface area contributed by atoms with Crippen LogP contribution in [0.2, 0.25) is 5.02 Å². The van der Waals surface area contributed by atoms with Crippen molar-refractivity contribution in [1.29, 1.82) is 0 Å². The molecule has 2 aromatic heterocycles. The molecule has 112 valence electrons. The number of aromatic amines is 1. The van der Waals surface area contributed by atoms with E-state index in [0.29, 0.717) is 17.2 Å². The number of aromatic nitrogens is 4. The number of hydrogen-bond acceptors (Lipinski definition) is 5. The van der Waals surface area contributed by atoms with Gasteiger partial charge in [-0.25, -0.2) is 4.98 Å². The van der Waals surface area contributed by atoms with E-state index < -0.39 is 0 Å². The van der Waals surface area contributed by atoms with Crippen molar-refractivity contribution in [1.82, 2.24) is 20.2 Å². The number of benzene rings is 1. The van der Waals surface area contributed by atoms with E-state index in [-0.39, 0.29) is 10.8 Å². The van der Waals surface area contributed by atoms with Gasteiger partial charge in [-0.1, -0.05) is 11.6 Å². The molecule has 0 spiro atoms. The summed E-state index contributed by atoms with van der Waals surface area (Å²) < 4.78 is 0. The second-order valence-electron chi connectivity index (χ2n) is 4.97. The van der Waals surface area contributed by atoms with Crippen molar-refractivity contribution in [2.45, 2.75) is 13.8 Å². The number of nitrogen functional groups attached to an aromatic ring is 1. The molecule has 0 bridgehead atoms. The Morgan fingerprint density at radius 2 is 2.00 bits per heavy atom. The first-order valence-corrected chi connectivity index (χ1v) is 6.98. The van der Waals surface area contributed by atoms with Gasteiger partial charge in [0.1, 0.15) is 17.3 Å². The van der Waals surface area contributed by atoms with Crippen LogP contribution in [0.3, 0.4) is 0 Å². The number of phenolic OH excluding ortho intramolecular Hbond substituents is 1. The smallest absolute Gasteiger partial charge is 0.142 e. The average molecular weight is 316 g/mol. The maximum absolute atomic E-state index is 9.56. The van der Waals surface area contributed by atoms with Crippen LogP contribution in [0.15, 0.2) is 24.4 Å². The number of H-pyrrole nitrogens is 1. The Bertz CT molecular complexity index is 859. The molecular weight excluding hydrogens is 302 g/mol. The van der Waals surface area contributed by atoms with Gasteiger partial charge in [-0.15, -0.1) is 0 Å². The first-order chi connectivity index (χ1) is 10.5. The quantitative estimate of drug-likeness (QED) is 0.674. The van der Waals surface area contributed by atoms with Crippen LogP contribution in [0.1, 0.15) is 11.3 Å². The number of hydrogen-bond donors (Lipinski definition) is 3. The van der Waals surface area contributed by atoms with Crippen molar-refractivity contribution >= 4 is 17.4 Å².